The van der Waals surface area contributed by atoms with Crippen LogP contribution in [-0.2, 0) is 34.5 Å². The molecule has 2 atom stereocenters. The molecular weight excluding hydrogens is 544 g/mol. The van der Waals surface area contributed by atoms with Gasteiger partial charge in [0.2, 0.25) is 11.8 Å². The number of likely N-dealkylation sites (N-methyl/N-ethyl adjacent to an activating group) is 1. The van der Waals surface area contributed by atoms with Crippen molar-refractivity contribution < 1.29 is 9.59 Å². The Morgan fingerprint density at radius 1 is 0.750 bits per heavy atom. The lowest BCUT2D eigenvalue weighted by Crippen LogP contribution is -2.56. The minimum absolute atomic E-state index is 0.0894. The zero-order valence-corrected chi connectivity index (χ0v) is 28.3. The summed E-state index contributed by atoms with van der Waals surface area (Å²) in [5.74, 6) is 0.0119. The van der Waals surface area contributed by atoms with Crippen LogP contribution in [-0.4, -0.2) is 41.4 Å². The number of carbonyl (C=O) groups is 2. The lowest BCUT2D eigenvalue weighted by molar-refractivity contribution is -0.132. The van der Waals surface area contributed by atoms with Gasteiger partial charge in [-0.05, 0) is 80.0 Å². The summed E-state index contributed by atoms with van der Waals surface area (Å²) in [5.41, 5.74) is 5.31. The van der Waals surface area contributed by atoms with Gasteiger partial charge in [-0.2, -0.15) is 0 Å². The molecule has 0 aliphatic rings. The first kappa shape index (κ1) is 34.8. The van der Waals surface area contributed by atoms with E-state index in [0.29, 0.717) is 25.3 Å². The highest BCUT2D eigenvalue weighted by Gasteiger charge is 2.30. The van der Waals surface area contributed by atoms with Crippen LogP contribution in [0, 0.1) is 5.92 Å². The Balaban J connectivity index is 1.74. The molecular formula is C38H54N4O2. The van der Waals surface area contributed by atoms with Crippen molar-refractivity contribution in [3.63, 3.8) is 0 Å². The molecule has 3 aromatic rings. The normalized spacial score (nSPS) is 13.4. The Hall–Kier alpha value is -3.64. The van der Waals surface area contributed by atoms with Crippen LogP contribution in [0.25, 0.3) is 0 Å². The molecule has 6 nitrogen and oxygen atoms in total. The molecule has 0 aliphatic carbocycles. The summed E-state index contributed by atoms with van der Waals surface area (Å²) in [7, 11) is 2.00. The van der Waals surface area contributed by atoms with Gasteiger partial charge in [-0.15, -0.1) is 0 Å². The van der Waals surface area contributed by atoms with Crippen molar-refractivity contribution in [1.29, 1.82) is 0 Å². The van der Waals surface area contributed by atoms with E-state index in [1.807, 2.05) is 70.3 Å². The maximum absolute atomic E-state index is 13.9. The molecule has 0 aromatic heterocycles. The Morgan fingerprint density at radius 2 is 1.34 bits per heavy atom. The van der Waals surface area contributed by atoms with Crippen LogP contribution in [0.2, 0.25) is 0 Å². The first-order valence-electron chi connectivity index (χ1n) is 15.9. The van der Waals surface area contributed by atoms with Crippen molar-refractivity contribution in [1.82, 2.24) is 15.5 Å². The van der Waals surface area contributed by atoms with E-state index in [-0.39, 0.29) is 23.3 Å². The van der Waals surface area contributed by atoms with E-state index in [4.69, 9.17) is 0 Å². The van der Waals surface area contributed by atoms with E-state index < -0.39 is 11.6 Å². The number of hydrogen-bond acceptors (Lipinski definition) is 4. The predicted molar refractivity (Wildman–Crippen MR) is 184 cm³/mol. The molecule has 0 heterocycles. The molecule has 2 amide bonds. The number of nitrogens with zero attached hydrogens (tertiary/aromatic N) is 1. The van der Waals surface area contributed by atoms with Crippen LogP contribution >= 0.6 is 0 Å². The van der Waals surface area contributed by atoms with Crippen molar-refractivity contribution >= 4 is 17.5 Å². The molecule has 3 aromatic carbocycles. The summed E-state index contributed by atoms with van der Waals surface area (Å²) in [4.78, 5) is 29.5. The Morgan fingerprint density at radius 3 is 1.89 bits per heavy atom. The SMILES string of the molecule is CC(C)CC(C(=O)NC(Cc1ccc(NCc2ccccc2)cc1)C(=O)NC(C)(C)C)N(C)Cc1ccc(C(C)(C)C)cc1. The fourth-order valence-corrected chi connectivity index (χ4v) is 5.17. The standard InChI is InChI=1S/C38H54N4O2/c1-27(2)23-34(42(9)26-30-15-19-31(20-16-30)37(3,4)5)36(44)40-33(35(43)41-38(6,7)8)24-28-17-21-32(22-18-28)39-25-29-13-11-10-12-14-29/h10-22,27,33-34,39H,23-26H2,1-9H3,(H,40,44)(H,41,43). The lowest BCUT2D eigenvalue weighted by atomic mass is 9.86. The summed E-state index contributed by atoms with van der Waals surface area (Å²) >= 11 is 0. The maximum Gasteiger partial charge on any atom is 0.243 e. The third-order valence-corrected chi connectivity index (χ3v) is 7.65. The summed E-state index contributed by atoms with van der Waals surface area (Å²) in [5, 5.41) is 9.67. The van der Waals surface area contributed by atoms with Gasteiger partial charge in [-0.1, -0.05) is 101 Å². The quantitative estimate of drug-likeness (QED) is 0.197. The topological polar surface area (TPSA) is 73.5 Å². The number of rotatable bonds is 13. The smallest absolute Gasteiger partial charge is 0.243 e. The van der Waals surface area contributed by atoms with Crippen LogP contribution in [0.3, 0.4) is 0 Å². The second kappa shape index (κ2) is 15.4. The van der Waals surface area contributed by atoms with Crippen molar-refractivity contribution in [3.8, 4) is 0 Å². The van der Waals surface area contributed by atoms with E-state index in [1.54, 1.807) is 0 Å². The van der Waals surface area contributed by atoms with E-state index >= 15 is 0 Å². The van der Waals surface area contributed by atoms with Crippen molar-refractivity contribution in [3.05, 3.63) is 101 Å². The summed E-state index contributed by atoms with van der Waals surface area (Å²) < 4.78 is 0. The number of anilines is 1. The van der Waals surface area contributed by atoms with E-state index in [0.717, 1.165) is 23.4 Å². The Kier molecular flexibility index (Phi) is 12.2. The third-order valence-electron chi connectivity index (χ3n) is 7.65. The van der Waals surface area contributed by atoms with E-state index in [9.17, 15) is 9.59 Å². The van der Waals surface area contributed by atoms with Gasteiger partial charge in [-0.3, -0.25) is 14.5 Å². The largest absolute Gasteiger partial charge is 0.381 e. The fraction of sp³-hybridized carbons (Fsp3) is 0.474. The number of nitrogens with one attached hydrogen (secondary N) is 3. The van der Waals surface area contributed by atoms with Crippen LogP contribution in [0.4, 0.5) is 5.69 Å². The molecule has 3 N–H and O–H groups in total. The summed E-state index contributed by atoms with van der Waals surface area (Å²) in [6.07, 6.45) is 1.09. The predicted octanol–water partition coefficient (Wildman–Crippen LogP) is 7.08. The van der Waals surface area contributed by atoms with E-state index in [2.05, 4.69) is 91.9 Å². The van der Waals surface area contributed by atoms with Gasteiger partial charge >= 0.3 is 0 Å². The highest BCUT2D eigenvalue weighted by Crippen LogP contribution is 2.23. The minimum Gasteiger partial charge on any atom is -0.381 e. The van der Waals surface area contributed by atoms with Gasteiger partial charge in [0.1, 0.15) is 6.04 Å². The summed E-state index contributed by atoms with van der Waals surface area (Å²) in [6.45, 7) is 18.1. The second-order valence-electron chi connectivity index (χ2n) is 14.5. The van der Waals surface area contributed by atoms with Gasteiger partial charge < -0.3 is 16.0 Å². The average molecular weight is 599 g/mol. The maximum atomic E-state index is 13.9. The zero-order chi connectivity index (χ0) is 32.5. The number of carbonyl (C=O) groups excluding carboxylic acids is 2. The Bertz CT molecular complexity index is 1320. The molecule has 3 rings (SSSR count). The first-order valence-corrected chi connectivity index (χ1v) is 15.9. The average Bonchev–Trinajstić information content (AvgIpc) is 2.94. The van der Waals surface area contributed by atoms with Crippen LogP contribution in [0.15, 0.2) is 78.9 Å². The highest BCUT2D eigenvalue weighted by molar-refractivity contribution is 5.90. The van der Waals surface area contributed by atoms with Gasteiger partial charge in [0.25, 0.3) is 0 Å². The third kappa shape index (κ3) is 11.5. The van der Waals surface area contributed by atoms with Crippen molar-refractivity contribution in [2.75, 3.05) is 12.4 Å². The van der Waals surface area contributed by atoms with Crippen LogP contribution < -0.4 is 16.0 Å². The van der Waals surface area contributed by atoms with Gasteiger partial charge in [0.05, 0.1) is 6.04 Å². The fourth-order valence-electron chi connectivity index (χ4n) is 5.17. The lowest BCUT2D eigenvalue weighted by Gasteiger charge is -2.31. The van der Waals surface area contributed by atoms with Crippen molar-refractivity contribution in [2.24, 2.45) is 5.92 Å². The van der Waals surface area contributed by atoms with Gasteiger partial charge in [-0.25, -0.2) is 0 Å². The van der Waals surface area contributed by atoms with E-state index in [1.165, 1.54) is 11.1 Å². The monoisotopic (exact) mass is 598 g/mol. The number of benzene rings is 3. The second-order valence-corrected chi connectivity index (χ2v) is 14.5. The highest BCUT2D eigenvalue weighted by atomic mass is 16.2. The molecule has 2 unspecified atom stereocenters. The van der Waals surface area contributed by atoms with Gasteiger partial charge in [0, 0.05) is 30.7 Å². The molecule has 0 spiro atoms. The molecule has 0 saturated heterocycles. The molecule has 6 heteroatoms. The molecule has 0 saturated carbocycles. The molecule has 0 bridgehead atoms. The van der Waals surface area contributed by atoms with Crippen LogP contribution in [0.1, 0.15) is 84.1 Å². The zero-order valence-electron chi connectivity index (χ0n) is 28.3. The van der Waals surface area contributed by atoms with Crippen molar-refractivity contribution in [2.45, 2.75) is 104 Å². The number of hydrogen-bond donors (Lipinski definition) is 3. The molecule has 0 fully saturated rings. The summed E-state index contributed by atoms with van der Waals surface area (Å²) in [6, 6.07) is 26.0. The molecule has 44 heavy (non-hydrogen) atoms. The molecule has 0 aliphatic heterocycles. The Labute approximate surface area is 266 Å². The molecule has 0 radical (unpaired) electrons. The molecule has 238 valence electrons. The first-order chi connectivity index (χ1) is 20.6. The van der Waals surface area contributed by atoms with Crippen LogP contribution in [0.5, 0.6) is 0 Å². The number of amides is 2. The van der Waals surface area contributed by atoms with Gasteiger partial charge in [0.15, 0.2) is 0 Å². The minimum atomic E-state index is -0.695.